The lowest BCUT2D eigenvalue weighted by atomic mass is 9.90. The van der Waals surface area contributed by atoms with Crippen molar-refractivity contribution in [3.05, 3.63) is 35.4 Å². The van der Waals surface area contributed by atoms with Gasteiger partial charge in [0.2, 0.25) is 5.91 Å². The summed E-state index contributed by atoms with van der Waals surface area (Å²) in [4.78, 5) is 36.5. The minimum atomic E-state index is -4.49. The van der Waals surface area contributed by atoms with Crippen LogP contribution >= 0.6 is 0 Å². The zero-order valence-electron chi connectivity index (χ0n) is 13.4. The number of carboxylic acids is 1. The van der Waals surface area contributed by atoms with E-state index in [2.05, 4.69) is 5.32 Å². The fourth-order valence-corrected chi connectivity index (χ4v) is 2.53. The highest BCUT2D eigenvalue weighted by Crippen LogP contribution is 2.30. The highest BCUT2D eigenvalue weighted by atomic mass is 19.4. The standard InChI is InChI=1S/C16H17F3N2O4/c1-15(14(24)25)6-7-21(9-15)12(22)8-20-13(23)10-2-4-11(5-3-10)16(17,18)19/h2-5H,6-9H2,1H3,(H,20,23)(H,24,25). The molecule has 0 aliphatic carbocycles. The van der Waals surface area contributed by atoms with E-state index in [4.69, 9.17) is 5.11 Å². The number of nitrogens with one attached hydrogen (secondary N) is 1. The van der Waals surface area contributed by atoms with Gasteiger partial charge in [0.1, 0.15) is 0 Å². The number of likely N-dealkylation sites (tertiary alicyclic amines) is 1. The summed E-state index contributed by atoms with van der Waals surface area (Å²) in [6.45, 7) is 1.52. The number of hydrogen-bond acceptors (Lipinski definition) is 3. The van der Waals surface area contributed by atoms with Crippen LogP contribution < -0.4 is 5.32 Å². The predicted octanol–water partition coefficient (Wildman–Crippen LogP) is 1.76. The number of carbonyl (C=O) groups is 3. The predicted molar refractivity (Wildman–Crippen MR) is 80.7 cm³/mol. The van der Waals surface area contributed by atoms with Gasteiger partial charge in [0, 0.05) is 18.7 Å². The number of hydrogen-bond donors (Lipinski definition) is 2. The Morgan fingerprint density at radius 1 is 1.24 bits per heavy atom. The summed E-state index contributed by atoms with van der Waals surface area (Å²) in [6, 6.07) is 3.63. The van der Waals surface area contributed by atoms with E-state index in [0.29, 0.717) is 6.42 Å². The molecule has 1 aromatic carbocycles. The van der Waals surface area contributed by atoms with E-state index in [9.17, 15) is 27.6 Å². The molecule has 2 N–H and O–H groups in total. The van der Waals surface area contributed by atoms with Crippen LogP contribution in [0.2, 0.25) is 0 Å². The summed E-state index contributed by atoms with van der Waals surface area (Å²) in [5, 5.41) is 11.5. The molecule has 6 nitrogen and oxygen atoms in total. The van der Waals surface area contributed by atoms with Crippen LogP contribution in [0.4, 0.5) is 13.2 Å². The zero-order valence-corrected chi connectivity index (χ0v) is 13.4. The first-order chi connectivity index (χ1) is 11.5. The molecule has 1 unspecified atom stereocenters. The highest BCUT2D eigenvalue weighted by molar-refractivity contribution is 5.96. The maximum Gasteiger partial charge on any atom is 0.416 e. The molecule has 2 amide bonds. The number of nitrogens with zero attached hydrogens (tertiary/aromatic N) is 1. The van der Waals surface area contributed by atoms with Gasteiger partial charge in [-0.25, -0.2) is 0 Å². The van der Waals surface area contributed by atoms with Gasteiger partial charge in [-0.3, -0.25) is 14.4 Å². The molecule has 2 rings (SSSR count). The van der Waals surface area contributed by atoms with Crippen LogP contribution in [0.3, 0.4) is 0 Å². The van der Waals surface area contributed by atoms with Gasteiger partial charge < -0.3 is 15.3 Å². The number of aliphatic carboxylic acids is 1. The molecule has 1 saturated heterocycles. The van der Waals surface area contributed by atoms with E-state index >= 15 is 0 Å². The second kappa shape index (κ2) is 6.73. The molecule has 0 radical (unpaired) electrons. The lowest BCUT2D eigenvalue weighted by Gasteiger charge is -2.20. The summed E-state index contributed by atoms with van der Waals surface area (Å²) in [5.41, 5.74) is -1.88. The molecular weight excluding hydrogens is 341 g/mol. The molecule has 136 valence electrons. The Bertz CT molecular complexity index is 688. The molecular formula is C16H17F3N2O4. The highest BCUT2D eigenvalue weighted by Gasteiger charge is 2.42. The van der Waals surface area contributed by atoms with Crippen molar-refractivity contribution in [2.45, 2.75) is 19.5 Å². The summed E-state index contributed by atoms with van der Waals surface area (Å²) >= 11 is 0. The van der Waals surface area contributed by atoms with Gasteiger partial charge in [0.15, 0.2) is 0 Å². The number of halogens is 3. The minimum Gasteiger partial charge on any atom is -0.481 e. The first kappa shape index (κ1) is 18.8. The normalized spacial score (nSPS) is 20.4. The van der Waals surface area contributed by atoms with Gasteiger partial charge in [0.25, 0.3) is 5.91 Å². The van der Waals surface area contributed by atoms with Gasteiger partial charge in [-0.2, -0.15) is 13.2 Å². The summed E-state index contributed by atoms with van der Waals surface area (Å²) in [5.74, 6) is -2.11. The number of rotatable bonds is 4. The largest absolute Gasteiger partial charge is 0.481 e. The van der Waals surface area contributed by atoms with Gasteiger partial charge in [-0.05, 0) is 37.6 Å². The summed E-state index contributed by atoms with van der Waals surface area (Å²) < 4.78 is 37.4. The van der Waals surface area contributed by atoms with Crippen molar-refractivity contribution >= 4 is 17.8 Å². The second-order valence-corrected chi connectivity index (χ2v) is 6.19. The third-order valence-corrected chi connectivity index (χ3v) is 4.22. The number of carboxylic acid groups (broad SMARTS) is 1. The second-order valence-electron chi connectivity index (χ2n) is 6.19. The SMILES string of the molecule is CC1(C(=O)O)CCN(C(=O)CNC(=O)c2ccc(C(F)(F)F)cc2)C1. The first-order valence-electron chi connectivity index (χ1n) is 7.49. The van der Waals surface area contributed by atoms with E-state index in [0.717, 1.165) is 24.3 Å². The Hall–Kier alpha value is -2.58. The Kier molecular flexibility index (Phi) is 5.05. The van der Waals surface area contributed by atoms with Crippen LogP contribution in [-0.4, -0.2) is 47.4 Å². The maximum atomic E-state index is 12.5. The van der Waals surface area contributed by atoms with Crippen molar-refractivity contribution in [1.29, 1.82) is 0 Å². The van der Waals surface area contributed by atoms with E-state index < -0.39 is 34.9 Å². The molecule has 1 aliphatic heterocycles. The van der Waals surface area contributed by atoms with E-state index in [-0.39, 0.29) is 25.2 Å². The van der Waals surface area contributed by atoms with Crippen LogP contribution in [0.25, 0.3) is 0 Å². The van der Waals surface area contributed by atoms with Crippen LogP contribution in [0.15, 0.2) is 24.3 Å². The molecule has 0 spiro atoms. The molecule has 0 aromatic heterocycles. The number of alkyl halides is 3. The van der Waals surface area contributed by atoms with Crippen LogP contribution in [0.5, 0.6) is 0 Å². The average molecular weight is 358 g/mol. The number of benzene rings is 1. The quantitative estimate of drug-likeness (QED) is 0.859. The Balaban J connectivity index is 1.90. The molecule has 0 bridgehead atoms. The molecule has 1 atom stereocenters. The zero-order chi connectivity index (χ0) is 18.8. The van der Waals surface area contributed by atoms with E-state index in [1.807, 2.05) is 0 Å². The third-order valence-electron chi connectivity index (χ3n) is 4.22. The first-order valence-corrected chi connectivity index (χ1v) is 7.49. The van der Waals surface area contributed by atoms with Crippen molar-refractivity contribution in [2.24, 2.45) is 5.41 Å². The lowest BCUT2D eigenvalue weighted by Crippen LogP contribution is -2.41. The van der Waals surface area contributed by atoms with Crippen LogP contribution in [-0.2, 0) is 15.8 Å². The average Bonchev–Trinajstić information content (AvgIpc) is 2.95. The van der Waals surface area contributed by atoms with Gasteiger partial charge in [0.05, 0.1) is 17.5 Å². The fourth-order valence-electron chi connectivity index (χ4n) is 2.53. The molecule has 1 fully saturated rings. The molecule has 0 saturated carbocycles. The lowest BCUT2D eigenvalue weighted by molar-refractivity contribution is -0.147. The van der Waals surface area contributed by atoms with Crippen LogP contribution in [0, 0.1) is 5.41 Å². The smallest absolute Gasteiger partial charge is 0.416 e. The molecule has 1 aromatic rings. The van der Waals surface area contributed by atoms with E-state index in [1.165, 1.54) is 4.90 Å². The Morgan fingerprint density at radius 2 is 1.84 bits per heavy atom. The minimum absolute atomic E-state index is 0.00223. The van der Waals surface area contributed by atoms with Crippen molar-refractivity contribution < 1.29 is 32.7 Å². The van der Waals surface area contributed by atoms with Gasteiger partial charge in [-0.15, -0.1) is 0 Å². The van der Waals surface area contributed by atoms with Crippen LogP contribution in [0.1, 0.15) is 29.3 Å². The van der Waals surface area contributed by atoms with Crippen molar-refractivity contribution in [3.8, 4) is 0 Å². The number of carbonyl (C=O) groups excluding carboxylic acids is 2. The van der Waals surface area contributed by atoms with Gasteiger partial charge >= 0.3 is 12.1 Å². The summed E-state index contributed by atoms with van der Waals surface area (Å²) in [7, 11) is 0. The molecule has 9 heteroatoms. The third kappa shape index (κ3) is 4.28. The Morgan fingerprint density at radius 3 is 2.32 bits per heavy atom. The number of amides is 2. The Labute approximate surface area is 141 Å². The van der Waals surface area contributed by atoms with E-state index in [1.54, 1.807) is 6.92 Å². The van der Waals surface area contributed by atoms with Crippen molar-refractivity contribution in [1.82, 2.24) is 10.2 Å². The molecule has 1 heterocycles. The molecule has 25 heavy (non-hydrogen) atoms. The maximum absolute atomic E-state index is 12.5. The van der Waals surface area contributed by atoms with Gasteiger partial charge in [-0.1, -0.05) is 0 Å². The topological polar surface area (TPSA) is 86.7 Å². The molecule has 1 aliphatic rings. The summed E-state index contributed by atoms with van der Waals surface area (Å²) in [6.07, 6.45) is -4.17. The monoisotopic (exact) mass is 358 g/mol. The van der Waals surface area contributed by atoms with Crippen molar-refractivity contribution in [3.63, 3.8) is 0 Å². The van der Waals surface area contributed by atoms with Crippen molar-refractivity contribution in [2.75, 3.05) is 19.6 Å². The fraction of sp³-hybridized carbons (Fsp3) is 0.438.